The van der Waals surface area contributed by atoms with Gasteiger partial charge in [-0.3, -0.25) is 0 Å². The van der Waals surface area contributed by atoms with E-state index in [1.165, 1.54) is 10.4 Å². The van der Waals surface area contributed by atoms with Crippen molar-refractivity contribution in [2.75, 3.05) is 19.3 Å². The lowest BCUT2D eigenvalue weighted by molar-refractivity contribution is 0.0365. The van der Waals surface area contributed by atoms with Crippen molar-refractivity contribution in [3.05, 3.63) is 12.7 Å². The molecule has 4 nitrogen and oxygen atoms in total. The van der Waals surface area contributed by atoms with Gasteiger partial charge in [0.2, 0.25) is 10.0 Å². The Balaban J connectivity index is 2.79. The van der Waals surface area contributed by atoms with Crippen molar-refractivity contribution in [3.8, 4) is 0 Å². The van der Waals surface area contributed by atoms with E-state index in [4.69, 9.17) is 0 Å². The molecule has 5 heteroatoms. The SMILES string of the molecule is C=CC1(O)CCCN(S(C)(=O)=O)C1. The third kappa shape index (κ3) is 2.52. The van der Waals surface area contributed by atoms with Crippen molar-refractivity contribution < 1.29 is 13.5 Å². The van der Waals surface area contributed by atoms with Crippen LogP contribution in [0.4, 0.5) is 0 Å². The number of aliphatic hydroxyl groups is 1. The molecular formula is C8H15NO3S. The fourth-order valence-corrected chi connectivity index (χ4v) is 2.39. The first kappa shape index (κ1) is 10.7. The standard InChI is InChI=1S/C8H15NO3S/c1-3-8(10)5-4-6-9(7-8)13(2,11)12/h3,10H,1,4-7H2,2H3. The van der Waals surface area contributed by atoms with Crippen molar-refractivity contribution in [3.63, 3.8) is 0 Å². The van der Waals surface area contributed by atoms with Gasteiger partial charge in [-0.05, 0) is 12.8 Å². The Hall–Kier alpha value is -0.390. The lowest BCUT2D eigenvalue weighted by Gasteiger charge is -2.35. The van der Waals surface area contributed by atoms with Gasteiger partial charge in [0.15, 0.2) is 0 Å². The molecule has 1 unspecified atom stereocenters. The molecule has 1 saturated heterocycles. The van der Waals surface area contributed by atoms with E-state index < -0.39 is 15.6 Å². The first-order valence-electron chi connectivity index (χ1n) is 4.18. The fraction of sp³-hybridized carbons (Fsp3) is 0.750. The summed E-state index contributed by atoms with van der Waals surface area (Å²) in [4.78, 5) is 0. The molecule has 1 heterocycles. The Morgan fingerprint density at radius 1 is 1.62 bits per heavy atom. The van der Waals surface area contributed by atoms with Crippen molar-refractivity contribution in [2.45, 2.75) is 18.4 Å². The molecule has 0 saturated carbocycles. The van der Waals surface area contributed by atoms with E-state index in [1.807, 2.05) is 0 Å². The van der Waals surface area contributed by atoms with Crippen LogP contribution < -0.4 is 0 Å². The van der Waals surface area contributed by atoms with Crippen molar-refractivity contribution in [1.29, 1.82) is 0 Å². The second kappa shape index (κ2) is 3.40. The monoisotopic (exact) mass is 205 g/mol. The van der Waals surface area contributed by atoms with Crippen LogP contribution in [0, 0.1) is 0 Å². The average Bonchev–Trinajstić information content (AvgIpc) is 2.03. The van der Waals surface area contributed by atoms with Gasteiger partial charge in [-0.1, -0.05) is 6.08 Å². The van der Waals surface area contributed by atoms with Crippen LogP contribution in [0.1, 0.15) is 12.8 Å². The van der Waals surface area contributed by atoms with Crippen LogP contribution in [0.3, 0.4) is 0 Å². The number of nitrogens with zero attached hydrogens (tertiary/aromatic N) is 1. The zero-order valence-corrected chi connectivity index (χ0v) is 8.55. The highest BCUT2D eigenvalue weighted by molar-refractivity contribution is 7.88. The maximum Gasteiger partial charge on any atom is 0.211 e. The van der Waals surface area contributed by atoms with Crippen LogP contribution in [-0.4, -0.2) is 42.8 Å². The Kier molecular flexibility index (Phi) is 2.79. The summed E-state index contributed by atoms with van der Waals surface area (Å²) in [5, 5.41) is 9.79. The topological polar surface area (TPSA) is 57.6 Å². The van der Waals surface area contributed by atoms with Gasteiger partial charge in [0.1, 0.15) is 0 Å². The molecule has 1 atom stereocenters. The Labute approximate surface area is 78.9 Å². The van der Waals surface area contributed by atoms with Crippen LogP contribution in [0.25, 0.3) is 0 Å². The zero-order valence-electron chi connectivity index (χ0n) is 7.73. The molecule has 0 aliphatic carbocycles. The maximum atomic E-state index is 11.2. The quantitative estimate of drug-likeness (QED) is 0.643. The fourth-order valence-electron chi connectivity index (χ4n) is 1.47. The van der Waals surface area contributed by atoms with Crippen LogP contribution in [0.2, 0.25) is 0 Å². The van der Waals surface area contributed by atoms with Gasteiger partial charge in [-0.15, -0.1) is 6.58 Å². The number of hydrogen-bond acceptors (Lipinski definition) is 3. The van der Waals surface area contributed by atoms with Crippen molar-refractivity contribution >= 4 is 10.0 Å². The molecule has 0 bridgehead atoms. The summed E-state index contributed by atoms with van der Waals surface area (Å²) in [5.74, 6) is 0. The highest BCUT2D eigenvalue weighted by atomic mass is 32.2. The maximum absolute atomic E-state index is 11.2. The highest BCUT2D eigenvalue weighted by Gasteiger charge is 2.33. The molecule has 0 spiro atoms. The molecule has 13 heavy (non-hydrogen) atoms. The summed E-state index contributed by atoms with van der Waals surface area (Å²) in [5.41, 5.74) is -1.04. The summed E-state index contributed by atoms with van der Waals surface area (Å²) in [6.45, 7) is 4.13. The minimum atomic E-state index is -3.18. The van der Waals surface area contributed by atoms with E-state index in [2.05, 4.69) is 6.58 Å². The number of rotatable bonds is 2. The molecule has 1 N–H and O–H groups in total. The average molecular weight is 205 g/mol. The third-order valence-electron chi connectivity index (χ3n) is 2.32. The van der Waals surface area contributed by atoms with E-state index in [1.54, 1.807) is 0 Å². The van der Waals surface area contributed by atoms with E-state index in [-0.39, 0.29) is 6.54 Å². The summed E-state index contributed by atoms with van der Waals surface area (Å²) in [7, 11) is -3.18. The minimum absolute atomic E-state index is 0.134. The molecule has 1 rings (SSSR count). The second-order valence-corrected chi connectivity index (χ2v) is 5.49. The summed E-state index contributed by atoms with van der Waals surface area (Å²) in [6.07, 6.45) is 3.84. The first-order chi connectivity index (χ1) is 5.87. The first-order valence-corrected chi connectivity index (χ1v) is 6.03. The number of hydrogen-bond donors (Lipinski definition) is 1. The summed E-state index contributed by atoms with van der Waals surface area (Å²) < 4.78 is 23.6. The molecule has 1 fully saturated rings. The predicted molar refractivity (Wildman–Crippen MR) is 50.8 cm³/mol. The van der Waals surface area contributed by atoms with Gasteiger partial charge in [0, 0.05) is 13.1 Å². The van der Waals surface area contributed by atoms with Crippen molar-refractivity contribution in [1.82, 2.24) is 4.31 Å². The largest absolute Gasteiger partial charge is 0.384 e. The van der Waals surface area contributed by atoms with Gasteiger partial charge in [0.05, 0.1) is 11.9 Å². The number of piperidine rings is 1. The van der Waals surface area contributed by atoms with Gasteiger partial charge in [0.25, 0.3) is 0 Å². The van der Waals surface area contributed by atoms with E-state index in [0.29, 0.717) is 19.4 Å². The minimum Gasteiger partial charge on any atom is -0.384 e. The normalized spacial score (nSPS) is 31.5. The van der Waals surface area contributed by atoms with Gasteiger partial charge in [-0.2, -0.15) is 4.31 Å². The molecular weight excluding hydrogens is 190 g/mol. The summed E-state index contributed by atoms with van der Waals surface area (Å²) >= 11 is 0. The number of β-amino-alcohol motifs (C(OH)–C–C–N with tert-alkyl or cyclic N) is 1. The van der Waals surface area contributed by atoms with Gasteiger partial charge >= 0.3 is 0 Å². The lowest BCUT2D eigenvalue weighted by atomic mass is 9.95. The van der Waals surface area contributed by atoms with Crippen LogP contribution in [0.15, 0.2) is 12.7 Å². The molecule has 0 radical (unpaired) electrons. The lowest BCUT2D eigenvalue weighted by Crippen LogP contribution is -2.48. The highest BCUT2D eigenvalue weighted by Crippen LogP contribution is 2.23. The van der Waals surface area contributed by atoms with Crippen LogP contribution in [-0.2, 0) is 10.0 Å². The van der Waals surface area contributed by atoms with Gasteiger partial charge < -0.3 is 5.11 Å². The Bertz CT molecular complexity index is 299. The van der Waals surface area contributed by atoms with E-state index in [9.17, 15) is 13.5 Å². The van der Waals surface area contributed by atoms with Crippen LogP contribution in [0.5, 0.6) is 0 Å². The van der Waals surface area contributed by atoms with Crippen molar-refractivity contribution in [2.24, 2.45) is 0 Å². The molecule has 0 aromatic rings. The molecule has 1 aliphatic heterocycles. The zero-order chi connectivity index (χ0) is 10.1. The summed E-state index contributed by atoms with van der Waals surface area (Å²) in [6, 6.07) is 0. The van der Waals surface area contributed by atoms with Gasteiger partial charge in [-0.25, -0.2) is 8.42 Å². The smallest absolute Gasteiger partial charge is 0.211 e. The third-order valence-corrected chi connectivity index (χ3v) is 3.57. The Morgan fingerprint density at radius 3 is 2.69 bits per heavy atom. The second-order valence-electron chi connectivity index (χ2n) is 3.51. The molecule has 0 aromatic heterocycles. The van der Waals surface area contributed by atoms with E-state index in [0.717, 1.165) is 6.26 Å². The molecule has 76 valence electrons. The molecule has 0 aromatic carbocycles. The predicted octanol–water partition coefficient (Wildman–Crippen LogP) is -0.0411. The molecule has 0 amide bonds. The Morgan fingerprint density at radius 2 is 2.23 bits per heavy atom. The number of sulfonamides is 1. The van der Waals surface area contributed by atoms with Crippen LogP contribution >= 0.6 is 0 Å². The van der Waals surface area contributed by atoms with E-state index >= 15 is 0 Å². The molecule has 1 aliphatic rings.